The van der Waals surface area contributed by atoms with Gasteiger partial charge in [-0.15, -0.1) is 0 Å². The van der Waals surface area contributed by atoms with Gasteiger partial charge in [0.1, 0.15) is 11.5 Å². The summed E-state index contributed by atoms with van der Waals surface area (Å²) in [6.45, 7) is 2.75. The Labute approximate surface area is 235 Å². The summed E-state index contributed by atoms with van der Waals surface area (Å²) in [6, 6.07) is 15.7. The molecule has 0 aromatic heterocycles. The molecule has 0 aliphatic carbocycles. The number of carbonyl (C=O) groups is 2. The topological polar surface area (TPSA) is 66.8 Å². The van der Waals surface area contributed by atoms with Crippen LogP contribution in [0.4, 0.5) is 0 Å². The van der Waals surface area contributed by atoms with Crippen LogP contribution in [0, 0.1) is 0 Å². The summed E-state index contributed by atoms with van der Waals surface area (Å²) in [5.74, 6) is -0.588. The van der Waals surface area contributed by atoms with Crippen LogP contribution in [0.15, 0.2) is 60.2 Å². The van der Waals surface area contributed by atoms with Crippen LogP contribution in [0.1, 0.15) is 114 Å². The predicted octanol–water partition coefficient (Wildman–Crippen LogP) is 8.60. The molecule has 0 radical (unpaired) electrons. The average Bonchev–Trinajstić information content (AvgIpc) is 3.22. The molecule has 1 N–H and O–H groups in total. The first-order valence-electron chi connectivity index (χ1n) is 15.1. The molecule has 1 atom stereocenters. The Morgan fingerprint density at radius 1 is 0.744 bits per heavy atom. The third-order valence-corrected chi connectivity index (χ3v) is 7.77. The molecule has 1 saturated heterocycles. The van der Waals surface area contributed by atoms with Crippen molar-refractivity contribution in [3.63, 3.8) is 0 Å². The largest absolute Gasteiger partial charge is 0.507 e. The Balaban J connectivity index is 1.52. The minimum Gasteiger partial charge on any atom is -0.507 e. The smallest absolute Gasteiger partial charge is 0.295 e. The van der Waals surface area contributed by atoms with Crippen molar-refractivity contribution in [3.8, 4) is 5.75 Å². The van der Waals surface area contributed by atoms with E-state index in [0.29, 0.717) is 17.9 Å². The number of hydrogen-bond donors (Lipinski definition) is 1. The van der Waals surface area contributed by atoms with Gasteiger partial charge in [0.25, 0.3) is 11.7 Å². The summed E-state index contributed by atoms with van der Waals surface area (Å²) in [5.41, 5.74) is 1.48. The second kappa shape index (κ2) is 16.8. The van der Waals surface area contributed by atoms with Crippen molar-refractivity contribution in [3.05, 3.63) is 71.3 Å². The Morgan fingerprint density at radius 2 is 1.26 bits per heavy atom. The molecule has 3 rings (SSSR count). The van der Waals surface area contributed by atoms with Gasteiger partial charge in [0, 0.05) is 12.1 Å². The molecule has 5 nitrogen and oxygen atoms in total. The van der Waals surface area contributed by atoms with Gasteiger partial charge in [0.15, 0.2) is 0 Å². The number of ketones is 1. The minimum atomic E-state index is -0.623. The van der Waals surface area contributed by atoms with Crippen molar-refractivity contribution in [1.29, 1.82) is 0 Å². The summed E-state index contributed by atoms with van der Waals surface area (Å²) >= 11 is 0. The SMILES string of the molecule is CCCCCCCCCCCCCCCCN1C(=O)C(=O)C(=C(O)c2ccccc2)[C@H]1c1ccc(OC)cc1. The number of benzene rings is 2. The van der Waals surface area contributed by atoms with Gasteiger partial charge in [-0.3, -0.25) is 9.59 Å². The number of nitrogens with zero attached hydrogens (tertiary/aromatic N) is 1. The molecular formula is C34H47NO4. The predicted molar refractivity (Wildman–Crippen MR) is 159 cm³/mol. The van der Waals surface area contributed by atoms with E-state index in [4.69, 9.17) is 4.74 Å². The summed E-state index contributed by atoms with van der Waals surface area (Å²) in [7, 11) is 1.60. The zero-order valence-corrected chi connectivity index (χ0v) is 24.0. The first kappa shape index (κ1) is 30.5. The number of hydrogen-bond acceptors (Lipinski definition) is 4. The zero-order valence-electron chi connectivity index (χ0n) is 24.0. The quantitative estimate of drug-likeness (QED) is 0.0901. The molecule has 212 valence electrons. The third kappa shape index (κ3) is 8.98. The van der Waals surface area contributed by atoms with E-state index >= 15 is 0 Å². The van der Waals surface area contributed by atoms with Crippen LogP contribution < -0.4 is 4.74 Å². The molecule has 5 heteroatoms. The van der Waals surface area contributed by atoms with Gasteiger partial charge in [0.05, 0.1) is 18.7 Å². The fourth-order valence-electron chi connectivity index (χ4n) is 5.47. The van der Waals surface area contributed by atoms with Crippen LogP contribution in [0.2, 0.25) is 0 Å². The molecular weight excluding hydrogens is 486 g/mol. The number of ether oxygens (including phenoxy) is 1. The van der Waals surface area contributed by atoms with E-state index in [-0.39, 0.29) is 11.3 Å². The van der Waals surface area contributed by atoms with Gasteiger partial charge in [0.2, 0.25) is 0 Å². The Hall–Kier alpha value is -3.08. The lowest BCUT2D eigenvalue weighted by Gasteiger charge is -2.25. The number of methoxy groups -OCH3 is 1. The first-order valence-corrected chi connectivity index (χ1v) is 15.1. The lowest BCUT2D eigenvalue weighted by atomic mass is 9.95. The maximum Gasteiger partial charge on any atom is 0.295 e. The molecule has 0 saturated carbocycles. The fourth-order valence-corrected chi connectivity index (χ4v) is 5.47. The third-order valence-electron chi connectivity index (χ3n) is 7.77. The molecule has 1 heterocycles. The summed E-state index contributed by atoms with van der Waals surface area (Å²) in [5, 5.41) is 11.1. The number of carbonyl (C=O) groups excluding carboxylic acids is 2. The van der Waals surface area contributed by atoms with Crippen molar-refractivity contribution >= 4 is 17.4 Å². The maximum atomic E-state index is 13.2. The van der Waals surface area contributed by atoms with Crippen molar-refractivity contribution in [2.24, 2.45) is 0 Å². The highest BCUT2D eigenvalue weighted by Crippen LogP contribution is 2.40. The zero-order chi connectivity index (χ0) is 27.9. The molecule has 0 spiro atoms. The second-order valence-electron chi connectivity index (χ2n) is 10.7. The molecule has 2 aromatic carbocycles. The van der Waals surface area contributed by atoms with Crippen molar-refractivity contribution in [2.45, 2.75) is 103 Å². The number of Topliss-reactive ketones (excluding diaryl/α,β-unsaturated/α-hetero) is 1. The van der Waals surface area contributed by atoms with Crippen LogP contribution >= 0.6 is 0 Å². The van der Waals surface area contributed by atoms with Crippen molar-refractivity contribution in [1.82, 2.24) is 4.90 Å². The lowest BCUT2D eigenvalue weighted by Crippen LogP contribution is -2.30. The normalized spacial score (nSPS) is 16.7. The van der Waals surface area contributed by atoms with Gasteiger partial charge >= 0.3 is 0 Å². The summed E-state index contributed by atoms with van der Waals surface area (Å²) in [6.07, 6.45) is 17.7. The number of unbranched alkanes of at least 4 members (excludes halogenated alkanes) is 13. The number of aliphatic hydroxyl groups is 1. The number of amides is 1. The van der Waals surface area contributed by atoms with Gasteiger partial charge in [-0.25, -0.2) is 0 Å². The Kier molecular flexibility index (Phi) is 13.1. The highest BCUT2D eigenvalue weighted by atomic mass is 16.5. The summed E-state index contributed by atoms with van der Waals surface area (Å²) < 4.78 is 5.29. The molecule has 2 aromatic rings. The number of rotatable bonds is 18. The number of aliphatic hydroxyl groups excluding tert-OH is 1. The average molecular weight is 534 g/mol. The molecule has 1 aliphatic rings. The minimum absolute atomic E-state index is 0.127. The van der Waals surface area contributed by atoms with E-state index in [1.165, 1.54) is 70.6 Å². The molecule has 1 fully saturated rings. The van der Waals surface area contributed by atoms with Crippen LogP contribution in [-0.2, 0) is 9.59 Å². The lowest BCUT2D eigenvalue weighted by molar-refractivity contribution is -0.139. The molecule has 1 aliphatic heterocycles. The Morgan fingerprint density at radius 3 is 1.77 bits per heavy atom. The van der Waals surface area contributed by atoms with Crippen LogP contribution in [0.25, 0.3) is 5.76 Å². The highest BCUT2D eigenvalue weighted by molar-refractivity contribution is 6.46. The Bertz CT molecular complexity index is 1040. The molecule has 39 heavy (non-hydrogen) atoms. The number of likely N-dealkylation sites (tertiary alicyclic amines) is 1. The van der Waals surface area contributed by atoms with E-state index in [2.05, 4.69) is 6.92 Å². The van der Waals surface area contributed by atoms with Gasteiger partial charge < -0.3 is 14.7 Å². The molecule has 0 bridgehead atoms. The summed E-state index contributed by atoms with van der Waals surface area (Å²) in [4.78, 5) is 27.9. The van der Waals surface area contributed by atoms with E-state index in [9.17, 15) is 14.7 Å². The van der Waals surface area contributed by atoms with Gasteiger partial charge in [-0.1, -0.05) is 133 Å². The van der Waals surface area contributed by atoms with Crippen LogP contribution in [0.3, 0.4) is 0 Å². The standard InChI is InChI=1S/C34H47NO4/c1-3-4-5-6-7-8-9-10-11-12-13-14-15-19-26-35-31(27-22-24-29(39-2)25-23-27)30(33(37)34(35)38)32(36)28-20-17-16-18-21-28/h16-18,20-25,31,36H,3-15,19,26H2,1-2H3/t31-/m1/s1. The van der Waals surface area contributed by atoms with Crippen molar-refractivity contribution in [2.75, 3.05) is 13.7 Å². The monoisotopic (exact) mass is 533 g/mol. The van der Waals surface area contributed by atoms with E-state index in [0.717, 1.165) is 24.8 Å². The van der Waals surface area contributed by atoms with Gasteiger partial charge in [-0.05, 0) is 24.1 Å². The first-order chi connectivity index (χ1) is 19.1. The maximum absolute atomic E-state index is 13.2. The van der Waals surface area contributed by atoms with Crippen molar-refractivity contribution < 1.29 is 19.4 Å². The molecule has 1 amide bonds. The highest BCUT2D eigenvalue weighted by Gasteiger charge is 2.45. The van der Waals surface area contributed by atoms with Gasteiger partial charge in [-0.2, -0.15) is 0 Å². The fraction of sp³-hybridized carbons (Fsp3) is 0.529. The van der Waals surface area contributed by atoms with Crippen LogP contribution in [0.5, 0.6) is 5.75 Å². The van der Waals surface area contributed by atoms with E-state index in [1.54, 1.807) is 24.1 Å². The van der Waals surface area contributed by atoms with E-state index in [1.807, 2.05) is 42.5 Å². The second-order valence-corrected chi connectivity index (χ2v) is 10.7. The molecule has 0 unspecified atom stereocenters. The van der Waals surface area contributed by atoms with Crippen LogP contribution in [-0.4, -0.2) is 35.4 Å². The van der Waals surface area contributed by atoms with E-state index < -0.39 is 17.7 Å².